The molecule has 0 aliphatic heterocycles. The van der Waals surface area contributed by atoms with Crippen LogP contribution in [0.2, 0.25) is 0 Å². The maximum atomic E-state index is 13.5. The van der Waals surface area contributed by atoms with Gasteiger partial charge in [-0.05, 0) is 0 Å². The van der Waals surface area contributed by atoms with Crippen LogP contribution in [0.1, 0.15) is 5.56 Å². The summed E-state index contributed by atoms with van der Waals surface area (Å²) < 4.78 is 13.5. The third-order valence-electron chi connectivity index (χ3n) is 2.14. The Morgan fingerprint density at radius 2 is 1.93 bits per heavy atom. The predicted molar refractivity (Wildman–Crippen MR) is 62.3 cm³/mol. The minimum Gasteiger partial charge on any atom is -0.256 e. The molecule has 0 atom stereocenters. The van der Waals surface area contributed by atoms with E-state index in [1.807, 2.05) is 30.3 Å². The van der Waals surface area contributed by atoms with Gasteiger partial charge in [0, 0.05) is 28.7 Å². The molecule has 1 aromatic carbocycles. The van der Waals surface area contributed by atoms with E-state index in [0.717, 1.165) is 5.56 Å². The van der Waals surface area contributed by atoms with Gasteiger partial charge in [0.15, 0.2) is 0 Å². The minimum atomic E-state index is -0.222. The number of pyridine rings is 1. The molecule has 3 heteroatoms. The van der Waals surface area contributed by atoms with Crippen LogP contribution in [0.5, 0.6) is 0 Å². The van der Waals surface area contributed by atoms with Crippen molar-refractivity contribution in [2.45, 2.75) is 5.33 Å². The fourth-order valence-electron chi connectivity index (χ4n) is 1.32. The lowest BCUT2D eigenvalue weighted by Gasteiger charge is -2.02. The Morgan fingerprint density at radius 1 is 1.20 bits per heavy atom. The number of benzene rings is 1. The van der Waals surface area contributed by atoms with Gasteiger partial charge < -0.3 is 0 Å². The molecule has 15 heavy (non-hydrogen) atoms. The topological polar surface area (TPSA) is 12.9 Å². The van der Waals surface area contributed by atoms with E-state index in [4.69, 9.17) is 0 Å². The molecule has 76 valence electrons. The van der Waals surface area contributed by atoms with Gasteiger partial charge in [-0.2, -0.15) is 0 Å². The average molecular weight is 266 g/mol. The van der Waals surface area contributed by atoms with Crippen molar-refractivity contribution in [3.05, 3.63) is 54.0 Å². The van der Waals surface area contributed by atoms with Crippen LogP contribution in [0.25, 0.3) is 11.3 Å². The summed E-state index contributed by atoms with van der Waals surface area (Å²) in [7, 11) is 0. The smallest absolute Gasteiger partial charge is 0.130 e. The quantitative estimate of drug-likeness (QED) is 0.754. The fraction of sp³-hybridized carbons (Fsp3) is 0.0833. The maximum absolute atomic E-state index is 13.5. The van der Waals surface area contributed by atoms with Crippen molar-refractivity contribution < 1.29 is 4.39 Å². The number of nitrogens with zero attached hydrogens (tertiary/aromatic N) is 1. The summed E-state index contributed by atoms with van der Waals surface area (Å²) in [4.78, 5) is 4.21. The summed E-state index contributed by atoms with van der Waals surface area (Å²) in [5, 5.41) is 0.487. The first-order valence-electron chi connectivity index (χ1n) is 4.57. The van der Waals surface area contributed by atoms with Crippen LogP contribution >= 0.6 is 15.9 Å². The van der Waals surface area contributed by atoms with E-state index in [-0.39, 0.29) is 5.82 Å². The van der Waals surface area contributed by atoms with Gasteiger partial charge in [0.25, 0.3) is 0 Å². The Morgan fingerprint density at radius 3 is 2.53 bits per heavy atom. The monoisotopic (exact) mass is 265 g/mol. The summed E-state index contributed by atoms with van der Waals surface area (Å²) in [6.07, 6.45) is 1.56. The highest BCUT2D eigenvalue weighted by molar-refractivity contribution is 9.08. The van der Waals surface area contributed by atoms with E-state index in [1.54, 1.807) is 6.20 Å². The normalized spacial score (nSPS) is 10.3. The second-order valence-electron chi connectivity index (χ2n) is 3.16. The largest absolute Gasteiger partial charge is 0.256 e. The zero-order chi connectivity index (χ0) is 10.7. The van der Waals surface area contributed by atoms with E-state index >= 15 is 0 Å². The molecule has 0 amide bonds. The van der Waals surface area contributed by atoms with E-state index in [2.05, 4.69) is 20.9 Å². The van der Waals surface area contributed by atoms with Gasteiger partial charge in [0.2, 0.25) is 0 Å². The minimum absolute atomic E-state index is 0.222. The van der Waals surface area contributed by atoms with Crippen molar-refractivity contribution in [1.82, 2.24) is 4.98 Å². The zero-order valence-corrected chi connectivity index (χ0v) is 9.54. The van der Waals surface area contributed by atoms with Crippen molar-refractivity contribution in [2.75, 3.05) is 0 Å². The molecule has 1 nitrogen and oxygen atoms in total. The predicted octanol–water partition coefficient (Wildman–Crippen LogP) is 3.78. The highest BCUT2D eigenvalue weighted by Gasteiger charge is 2.04. The van der Waals surface area contributed by atoms with Gasteiger partial charge in [0.1, 0.15) is 5.82 Å². The Hall–Kier alpha value is -1.22. The molecule has 1 heterocycles. The lowest BCUT2D eigenvalue weighted by Crippen LogP contribution is -1.91. The van der Waals surface area contributed by atoms with Crippen LogP contribution in [0.15, 0.2) is 42.6 Å². The van der Waals surface area contributed by atoms with E-state index in [9.17, 15) is 4.39 Å². The lowest BCUT2D eigenvalue weighted by atomic mass is 10.1. The van der Waals surface area contributed by atoms with Crippen molar-refractivity contribution in [3.63, 3.8) is 0 Å². The first-order valence-corrected chi connectivity index (χ1v) is 5.69. The lowest BCUT2D eigenvalue weighted by molar-refractivity contribution is 0.615. The second-order valence-corrected chi connectivity index (χ2v) is 3.72. The molecule has 0 saturated carbocycles. The van der Waals surface area contributed by atoms with Crippen molar-refractivity contribution in [1.29, 1.82) is 0 Å². The SMILES string of the molecule is Fc1cc(-c2ccccc2)ncc1CBr. The van der Waals surface area contributed by atoms with Crippen LogP contribution in [-0.2, 0) is 5.33 Å². The summed E-state index contributed by atoms with van der Waals surface area (Å²) in [5.74, 6) is -0.222. The zero-order valence-electron chi connectivity index (χ0n) is 7.95. The van der Waals surface area contributed by atoms with Gasteiger partial charge in [0.05, 0.1) is 5.69 Å². The number of hydrogen-bond acceptors (Lipinski definition) is 1. The summed E-state index contributed by atoms with van der Waals surface area (Å²) in [6, 6.07) is 11.0. The molecule has 0 N–H and O–H groups in total. The molecule has 1 aromatic heterocycles. The molecule has 0 bridgehead atoms. The second kappa shape index (κ2) is 4.53. The molecule has 0 radical (unpaired) electrons. The Bertz CT molecular complexity index is 456. The molecule has 0 saturated heterocycles. The van der Waals surface area contributed by atoms with E-state index in [0.29, 0.717) is 16.6 Å². The van der Waals surface area contributed by atoms with Gasteiger partial charge in [-0.3, -0.25) is 4.98 Å². The van der Waals surface area contributed by atoms with Crippen LogP contribution < -0.4 is 0 Å². The molecular weight excluding hydrogens is 257 g/mol. The summed E-state index contributed by atoms with van der Waals surface area (Å²) in [6.45, 7) is 0. The number of aromatic nitrogens is 1. The molecule has 0 aliphatic carbocycles. The molecule has 0 aliphatic rings. The number of hydrogen-bond donors (Lipinski definition) is 0. The van der Waals surface area contributed by atoms with Crippen molar-refractivity contribution in [3.8, 4) is 11.3 Å². The van der Waals surface area contributed by atoms with Crippen LogP contribution in [-0.4, -0.2) is 4.98 Å². The Balaban J connectivity index is 2.43. The summed E-state index contributed by atoms with van der Waals surface area (Å²) in [5.41, 5.74) is 2.17. The van der Waals surface area contributed by atoms with Crippen LogP contribution in [0, 0.1) is 5.82 Å². The molecule has 0 spiro atoms. The maximum Gasteiger partial charge on any atom is 0.130 e. The van der Waals surface area contributed by atoms with Crippen LogP contribution in [0.4, 0.5) is 4.39 Å². The highest BCUT2D eigenvalue weighted by atomic mass is 79.9. The third-order valence-corrected chi connectivity index (χ3v) is 2.75. The number of rotatable bonds is 2. The number of halogens is 2. The van der Waals surface area contributed by atoms with E-state index < -0.39 is 0 Å². The van der Waals surface area contributed by atoms with Gasteiger partial charge in [-0.15, -0.1) is 0 Å². The molecule has 0 fully saturated rings. The van der Waals surface area contributed by atoms with Gasteiger partial charge >= 0.3 is 0 Å². The van der Waals surface area contributed by atoms with Crippen molar-refractivity contribution >= 4 is 15.9 Å². The Kier molecular flexibility index (Phi) is 3.11. The van der Waals surface area contributed by atoms with Gasteiger partial charge in [-0.25, -0.2) is 4.39 Å². The Labute approximate surface area is 96.1 Å². The molecule has 0 unspecified atom stereocenters. The van der Waals surface area contributed by atoms with E-state index in [1.165, 1.54) is 6.07 Å². The van der Waals surface area contributed by atoms with Crippen LogP contribution in [0.3, 0.4) is 0 Å². The first kappa shape index (κ1) is 10.3. The van der Waals surface area contributed by atoms with Crippen molar-refractivity contribution in [2.24, 2.45) is 0 Å². The molecular formula is C12H9BrFN. The molecule has 2 rings (SSSR count). The van der Waals surface area contributed by atoms with Gasteiger partial charge in [-0.1, -0.05) is 46.3 Å². The average Bonchev–Trinajstić information content (AvgIpc) is 2.30. The standard InChI is InChI=1S/C12H9BrFN/c13-7-10-8-15-12(6-11(10)14)9-4-2-1-3-5-9/h1-6,8H,7H2. The first-order chi connectivity index (χ1) is 7.31. The fourth-order valence-corrected chi connectivity index (χ4v) is 1.74. The molecule has 2 aromatic rings. The third kappa shape index (κ3) is 2.23. The number of alkyl halides is 1. The summed E-state index contributed by atoms with van der Waals surface area (Å²) >= 11 is 3.21. The highest BCUT2D eigenvalue weighted by Crippen LogP contribution is 2.19.